The summed E-state index contributed by atoms with van der Waals surface area (Å²) in [7, 11) is 0. The summed E-state index contributed by atoms with van der Waals surface area (Å²) in [6, 6.07) is 3.90. The molecule has 5 heteroatoms. The van der Waals surface area contributed by atoms with Crippen LogP contribution >= 0.6 is 23.1 Å². The van der Waals surface area contributed by atoms with Crippen molar-refractivity contribution in [2.24, 2.45) is 5.92 Å². The van der Waals surface area contributed by atoms with E-state index in [-0.39, 0.29) is 11.9 Å². The molecule has 1 saturated carbocycles. The summed E-state index contributed by atoms with van der Waals surface area (Å²) in [6.45, 7) is 0. The van der Waals surface area contributed by atoms with E-state index >= 15 is 0 Å². The quantitative estimate of drug-likeness (QED) is 0.924. The highest BCUT2D eigenvalue weighted by Gasteiger charge is 2.32. The van der Waals surface area contributed by atoms with Crippen LogP contribution in [0.5, 0.6) is 0 Å². The van der Waals surface area contributed by atoms with E-state index in [1.54, 1.807) is 11.3 Å². The standard InChI is InChI=1S/C13H14N2OS2/c14-6-10(8-1-2-8)15-13(16)12-5-9-7-17-4-3-11(9)18-12/h5,8,10H,1-4,7H2,(H,15,16). The molecule has 2 heterocycles. The largest absolute Gasteiger partial charge is 0.335 e. The van der Waals surface area contributed by atoms with Crippen molar-refractivity contribution in [3.8, 4) is 6.07 Å². The molecule has 1 amide bonds. The Morgan fingerprint density at radius 3 is 3.06 bits per heavy atom. The van der Waals surface area contributed by atoms with E-state index in [9.17, 15) is 4.79 Å². The second-order valence-electron chi connectivity index (χ2n) is 4.78. The number of amides is 1. The molecule has 0 saturated heterocycles. The number of thioether (sulfide) groups is 1. The molecule has 1 aliphatic heterocycles. The van der Waals surface area contributed by atoms with Gasteiger partial charge in [0, 0.05) is 10.6 Å². The van der Waals surface area contributed by atoms with Crippen LogP contribution in [0.2, 0.25) is 0 Å². The van der Waals surface area contributed by atoms with Gasteiger partial charge in [0.05, 0.1) is 10.9 Å². The van der Waals surface area contributed by atoms with Gasteiger partial charge in [-0.25, -0.2) is 0 Å². The topological polar surface area (TPSA) is 52.9 Å². The summed E-state index contributed by atoms with van der Waals surface area (Å²) >= 11 is 3.51. The minimum absolute atomic E-state index is 0.0714. The number of aryl methyl sites for hydroxylation is 1. The lowest BCUT2D eigenvalue weighted by molar-refractivity contribution is 0.0946. The number of carbonyl (C=O) groups excluding carboxylic acids is 1. The number of nitrogens with zero attached hydrogens (tertiary/aromatic N) is 1. The van der Waals surface area contributed by atoms with Gasteiger partial charge in [-0.2, -0.15) is 17.0 Å². The molecule has 1 aliphatic carbocycles. The van der Waals surface area contributed by atoms with Gasteiger partial charge in [0.2, 0.25) is 0 Å². The van der Waals surface area contributed by atoms with Crippen LogP contribution < -0.4 is 5.32 Å². The first-order valence-electron chi connectivity index (χ1n) is 6.17. The van der Waals surface area contributed by atoms with Gasteiger partial charge in [-0.1, -0.05) is 0 Å². The first kappa shape index (κ1) is 12.1. The zero-order chi connectivity index (χ0) is 12.5. The number of thiophene rings is 1. The summed E-state index contributed by atoms with van der Waals surface area (Å²) in [5.41, 5.74) is 1.31. The predicted molar refractivity (Wildman–Crippen MR) is 73.8 cm³/mol. The van der Waals surface area contributed by atoms with Crippen molar-refractivity contribution < 1.29 is 4.79 Å². The van der Waals surface area contributed by atoms with Gasteiger partial charge in [0.1, 0.15) is 6.04 Å². The molecular weight excluding hydrogens is 264 g/mol. The number of nitrogens with one attached hydrogen (secondary N) is 1. The molecule has 0 aromatic carbocycles. The molecule has 1 aromatic rings. The summed E-state index contributed by atoms with van der Waals surface area (Å²) < 4.78 is 0. The first-order valence-corrected chi connectivity index (χ1v) is 8.15. The minimum Gasteiger partial charge on any atom is -0.335 e. The van der Waals surface area contributed by atoms with Crippen molar-refractivity contribution in [3.05, 3.63) is 21.4 Å². The Labute approximate surface area is 115 Å². The van der Waals surface area contributed by atoms with Crippen molar-refractivity contribution in [3.63, 3.8) is 0 Å². The van der Waals surface area contributed by atoms with Crippen LogP contribution in [0.25, 0.3) is 0 Å². The maximum atomic E-state index is 12.1. The molecule has 18 heavy (non-hydrogen) atoms. The predicted octanol–water partition coefficient (Wildman–Crippen LogP) is 2.57. The average Bonchev–Trinajstić information content (AvgIpc) is 3.13. The maximum absolute atomic E-state index is 12.1. The van der Waals surface area contributed by atoms with E-state index in [4.69, 9.17) is 5.26 Å². The zero-order valence-electron chi connectivity index (χ0n) is 9.94. The van der Waals surface area contributed by atoms with Crippen LogP contribution in [0.4, 0.5) is 0 Å². The van der Waals surface area contributed by atoms with Crippen molar-refractivity contribution in [1.82, 2.24) is 5.32 Å². The van der Waals surface area contributed by atoms with Gasteiger partial charge >= 0.3 is 0 Å². The summed E-state index contributed by atoms with van der Waals surface area (Å²) in [5.74, 6) is 2.47. The van der Waals surface area contributed by atoms with Gasteiger partial charge < -0.3 is 5.32 Å². The van der Waals surface area contributed by atoms with Crippen LogP contribution in [-0.4, -0.2) is 17.7 Å². The average molecular weight is 278 g/mol. The highest BCUT2D eigenvalue weighted by Crippen LogP contribution is 2.34. The molecule has 2 aliphatic rings. The third kappa shape index (κ3) is 2.40. The van der Waals surface area contributed by atoms with Gasteiger partial charge in [-0.3, -0.25) is 4.79 Å². The fourth-order valence-corrected chi connectivity index (χ4v) is 4.43. The monoisotopic (exact) mass is 278 g/mol. The van der Waals surface area contributed by atoms with Crippen molar-refractivity contribution in [2.45, 2.75) is 31.1 Å². The number of rotatable bonds is 3. The summed E-state index contributed by atoms with van der Waals surface area (Å²) in [6.07, 6.45) is 3.20. The molecule has 1 atom stereocenters. The Bertz CT molecular complexity index is 490. The maximum Gasteiger partial charge on any atom is 0.262 e. The van der Waals surface area contributed by atoms with Crippen LogP contribution in [0.15, 0.2) is 6.07 Å². The fourth-order valence-electron chi connectivity index (χ4n) is 2.16. The van der Waals surface area contributed by atoms with E-state index in [0.29, 0.717) is 5.92 Å². The summed E-state index contributed by atoms with van der Waals surface area (Å²) in [4.78, 5) is 14.2. The van der Waals surface area contributed by atoms with Gasteiger partial charge in [0.25, 0.3) is 5.91 Å². The lowest BCUT2D eigenvalue weighted by Crippen LogP contribution is -2.34. The van der Waals surface area contributed by atoms with Crippen LogP contribution in [0.3, 0.4) is 0 Å². The number of carbonyl (C=O) groups is 1. The second kappa shape index (κ2) is 4.94. The molecule has 3 rings (SSSR count). The Balaban J connectivity index is 1.72. The lowest BCUT2D eigenvalue weighted by Gasteiger charge is -2.08. The lowest BCUT2D eigenvalue weighted by atomic mass is 10.2. The van der Waals surface area contributed by atoms with E-state index < -0.39 is 0 Å². The van der Waals surface area contributed by atoms with E-state index in [1.807, 2.05) is 17.8 Å². The van der Waals surface area contributed by atoms with Gasteiger partial charge in [-0.15, -0.1) is 11.3 Å². The number of fused-ring (bicyclic) bond motifs is 1. The Morgan fingerprint density at radius 1 is 1.56 bits per heavy atom. The Kier molecular flexibility index (Phi) is 3.31. The van der Waals surface area contributed by atoms with Gasteiger partial charge in [0.15, 0.2) is 0 Å². The molecule has 3 nitrogen and oxygen atoms in total. The van der Waals surface area contributed by atoms with Crippen LogP contribution in [-0.2, 0) is 12.2 Å². The molecule has 1 N–H and O–H groups in total. The molecule has 0 radical (unpaired) electrons. The van der Waals surface area contributed by atoms with Crippen LogP contribution in [0, 0.1) is 17.2 Å². The highest BCUT2D eigenvalue weighted by atomic mass is 32.2. The normalized spacial score (nSPS) is 19.7. The smallest absolute Gasteiger partial charge is 0.262 e. The van der Waals surface area contributed by atoms with Crippen molar-refractivity contribution in [1.29, 1.82) is 5.26 Å². The van der Waals surface area contributed by atoms with Crippen molar-refractivity contribution in [2.75, 3.05) is 5.75 Å². The first-order chi connectivity index (χ1) is 8.78. The molecule has 1 unspecified atom stereocenters. The Hall–Kier alpha value is -0.990. The van der Waals surface area contributed by atoms with Crippen molar-refractivity contribution >= 4 is 29.0 Å². The van der Waals surface area contributed by atoms with E-state index in [1.165, 1.54) is 10.4 Å². The molecule has 0 bridgehead atoms. The zero-order valence-corrected chi connectivity index (χ0v) is 11.6. The van der Waals surface area contributed by atoms with E-state index in [2.05, 4.69) is 11.4 Å². The van der Waals surface area contributed by atoms with Gasteiger partial charge in [-0.05, 0) is 42.6 Å². The SMILES string of the molecule is N#CC(NC(=O)c1cc2c(s1)CCSC2)C1CC1. The summed E-state index contributed by atoms with van der Waals surface area (Å²) in [5, 5.41) is 11.9. The molecular formula is C13H14N2OS2. The second-order valence-corrected chi connectivity index (χ2v) is 7.02. The van der Waals surface area contributed by atoms with Crippen LogP contribution in [0.1, 0.15) is 33.0 Å². The fraction of sp³-hybridized carbons (Fsp3) is 0.538. The molecule has 94 valence electrons. The number of hydrogen-bond acceptors (Lipinski definition) is 4. The molecule has 1 fully saturated rings. The van der Waals surface area contributed by atoms with E-state index in [0.717, 1.165) is 35.6 Å². The minimum atomic E-state index is -0.300. The number of nitriles is 1. The molecule has 1 aromatic heterocycles. The number of hydrogen-bond donors (Lipinski definition) is 1. The molecule has 0 spiro atoms. The third-order valence-corrected chi connectivity index (χ3v) is 5.61. The third-order valence-electron chi connectivity index (χ3n) is 3.37. The highest BCUT2D eigenvalue weighted by molar-refractivity contribution is 7.98. The Morgan fingerprint density at radius 2 is 2.39 bits per heavy atom.